The highest BCUT2D eigenvalue weighted by Gasteiger charge is 1.99. The van der Waals surface area contributed by atoms with Gasteiger partial charge in [0, 0.05) is 18.1 Å². The van der Waals surface area contributed by atoms with Gasteiger partial charge in [-0.15, -0.1) is 0 Å². The fourth-order valence-corrected chi connectivity index (χ4v) is 2.67. The van der Waals surface area contributed by atoms with E-state index in [-0.39, 0.29) is 0 Å². The monoisotopic (exact) mass is 367 g/mol. The van der Waals surface area contributed by atoms with Gasteiger partial charge >= 0.3 is 0 Å². The number of hydrogen-bond donors (Lipinski definition) is 1. The molecule has 0 saturated carbocycles. The average Bonchev–Trinajstić information content (AvgIpc) is 2.69. The zero-order chi connectivity index (χ0) is 18.2. The molecule has 0 atom stereocenters. The highest BCUT2D eigenvalue weighted by atomic mass is 35.5. The predicted molar refractivity (Wildman–Crippen MR) is 106 cm³/mol. The number of halogens is 1. The van der Waals surface area contributed by atoms with Crippen LogP contribution in [0.5, 0.6) is 11.5 Å². The number of rotatable bonds is 8. The molecular weight excluding hydrogens is 346 g/mol. The Morgan fingerprint density at radius 2 is 1.19 bits per heavy atom. The Morgan fingerprint density at radius 3 is 1.73 bits per heavy atom. The van der Waals surface area contributed by atoms with Gasteiger partial charge in [-0.25, -0.2) is 0 Å². The Morgan fingerprint density at radius 1 is 0.692 bits per heavy atom. The second kappa shape index (κ2) is 9.27. The Kier molecular flexibility index (Phi) is 6.53. The molecule has 134 valence electrons. The maximum absolute atomic E-state index is 5.89. The Bertz CT molecular complexity index is 799. The van der Waals surface area contributed by atoms with E-state index in [4.69, 9.17) is 21.1 Å². The van der Waals surface area contributed by atoms with Gasteiger partial charge in [0.15, 0.2) is 0 Å². The van der Waals surface area contributed by atoms with Crippen molar-refractivity contribution in [1.29, 1.82) is 0 Å². The van der Waals surface area contributed by atoms with Crippen LogP contribution < -0.4 is 14.8 Å². The lowest BCUT2D eigenvalue weighted by Gasteiger charge is -2.09. The van der Waals surface area contributed by atoms with E-state index < -0.39 is 0 Å². The summed E-state index contributed by atoms with van der Waals surface area (Å²) in [4.78, 5) is 0. The Labute approximate surface area is 159 Å². The van der Waals surface area contributed by atoms with Gasteiger partial charge in [-0.1, -0.05) is 48.0 Å². The molecule has 0 unspecified atom stereocenters. The van der Waals surface area contributed by atoms with Crippen LogP contribution in [0.15, 0.2) is 72.8 Å². The first-order chi connectivity index (χ1) is 12.7. The predicted octanol–water partition coefficient (Wildman–Crippen LogP) is 5.22. The highest BCUT2D eigenvalue weighted by Crippen LogP contribution is 2.16. The largest absolute Gasteiger partial charge is 0.497 e. The third-order valence-electron chi connectivity index (χ3n) is 4.06. The van der Waals surface area contributed by atoms with Crippen LogP contribution in [-0.4, -0.2) is 7.11 Å². The van der Waals surface area contributed by atoms with Crippen molar-refractivity contribution in [3.63, 3.8) is 0 Å². The van der Waals surface area contributed by atoms with Gasteiger partial charge in [-0.2, -0.15) is 0 Å². The van der Waals surface area contributed by atoms with Gasteiger partial charge in [0.1, 0.15) is 18.1 Å². The molecule has 0 fully saturated rings. The second-order valence-electron chi connectivity index (χ2n) is 6.01. The third kappa shape index (κ3) is 5.51. The first-order valence-electron chi connectivity index (χ1n) is 8.53. The molecule has 0 amide bonds. The van der Waals surface area contributed by atoms with E-state index in [0.29, 0.717) is 6.61 Å². The van der Waals surface area contributed by atoms with Crippen molar-refractivity contribution in [3.05, 3.63) is 94.5 Å². The molecule has 0 spiro atoms. The quantitative estimate of drug-likeness (QED) is 0.592. The van der Waals surface area contributed by atoms with Crippen molar-refractivity contribution in [2.75, 3.05) is 7.11 Å². The van der Waals surface area contributed by atoms with E-state index in [9.17, 15) is 0 Å². The summed E-state index contributed by atoms with van der Waals surface area (Å²) in [5.41, 5.74) is 3.55. The standard InChI is InChI=1S/C22H22ClNO2/c1-25-21-10-4-17(5-11-21)14-24-15-18-6-12-22(13-7-18)26-16-19-2-8-20(23)9-3-19/h2-13,24H,14-16H2,1H3. The molecule has 4 heteroatoms. The summed E-state index contributed by atoms with van der Waals surface area (Å²) in [6.07, 6.45) is 0. The topological polar surface area (TPSA) is 30.5 Å². The van der Waals surface area contributed by atoms with E-state index >= 15 is 0 Å². The number of nitrogens with one attached hydrogen (secondary N) is 1. The van der Waals surface area contributed by atoms with Crippen LogP contribution in [0.25, 0.3) is 0 Å². The lowest BCUT2D eigenvalue weighted by atomic mass is 10.2. The number of ether oxygens (including phenoxy) is 2. The molecule has 26 heavy (non-hydrogen) atoms. The minimum Gasteiger partial charge on any atom is -0.497 e. The van der Waals surface area contributed by atoms with Gasteiger partial charge in [0.2, 0.25) is 0 Å². The average molecular weight is 368 g/mol. The number of benzene rings is 3. The zero-order valence-electron chi connectivity index (χ0n) is 14.7. The van der Waals surface area contributed by atoms with E-state index in [1.807, 2.05) is 48.5 Å². The molecule has 0 heterocycles. The van der Waals surface area contributed by atoms with Gasteiger partial charge < -0.3 is 14.8 Å². The number of hydrogen-bond acceptors (Lipinski definition) is 3. The molecule has 0 aromatic heterocycles. The van der Waals surface area contributed by atoms with Gasteiger partial charge in [0.05, 0.1) is 7.11 Å². The van der Waals surface area contributed by atoms with Crippen molar-refractivity contribution in [2.24, 2.45) is 0 Å². The van der Waals surface area contributed by atoms with Crippen molar-refractivity contribution >= 4 is 11.6 Å². The SMILES string of the molecule is COc1ccc(CNCc2ccc(OCc3ccc(Cl)cc3)cc2)cc1. The molecule has 3 aromatic rings. The molecule has 0 saturated heterocycles. The van der Waals surface area contributed by atoms with Crippen LogP contribution in [-0.2, 0) is 19.7 Å². The summed E-state index contributed by atoms with van der Waals surface area (Å²) >= 11 is 5.89. The van der Waals surface area contributed by atoms with Gasteiger partial charge in [0.25, 0.3) is 0 Å². The first-order valence-corrected chi connectivity index (χ1v) is 8.90. The molecule has 0 aliphatic rings. The van der Waals surface area contributed by atoms with E-state index in [1.54, 1.807) is 7.11 Å². The van der Waals surface area contributed by atoms with Crippen LogP contribution in [0.1, 0.15) is 16.7 Å². The molecule has 0 radical (unpaired) electrons. The summed E-state index contributed by atoms with van der Waals surface area (Å²) in [5.74, 6) is 1.74. The highest BCUT2D eigenvalue weighted by molar-refractivity contribution is 6.30. The Hall–Kier alpha value is -2.49. The van der Waals surface area contributed by atoms with Crippen molar-refractivity contribution in [3.8, 4) is 11.5 Å². The van der Waals surface area contributed by atoms with E-state index in [0.717, 1.165) is 35.2 Å². The summed E-state index contributed by atoms with van der Waals surface area (Å²) in [7, 11) is 1.68. The molecule has 0 aliphatic heterocycles. The van der Waals surface area contributed by atoms with E-state index in [2.05, 4.69) is 29.6 Å². The lowest BCUT2D eigenvalue weighted by Crippen LogP contribution is -2.12. The molecule has 0 aliphatic carbocycles. The molecule has 3 aromatic carbocycles. The summed E-state index contributed by atoms with van der Waals surface area (Å²) in [5, 5.41) is 4.18. The van der Waals surface area contributed by atoms with Gasteiger partial charge in [-0.05, 0) is 53.1 Å². The van der Waals surface area contributed by atoms with Crippen LogP contribution in [0.2, 0.25) is 5.02 Å². The van der Waals surface area contributed by atoms with E-state index in [1.165, 1.54) is 11.1 Å². The minimum absolute atomic E-state index is 0.534. The summed E-state index contributed by atoms with van der Waals surface area (Å²) < 4.78 is 11.0. The van der Waals surface area contributed by atoms with Crippen LogP contribution in [0.4, 0.5) is 0 Å². The molecule has 3 rings (SSSR count). The normalized spacial score (nSPS) is 10.5. The van der Waals surface area contributed by atoms with Crippen LogP contribution in [0.3, 0.4) is 0 Å². The number of methoxy groups -OCH3 is 1. The van der Waals surface area contributed by atoms with Crippen molar-refractivity contribution in [1.82, 2.24) is 5.32 Å². The fraction of sp³-hybridized carbons (Fsp3) is 0.182. The smallest absolute Gasteiger partial charge is 0.119 e. The molecule has 0 bridgehead atoms. The third-order valence-corrected chi connectivity index (χ3v) is 4.31. The van der Waals surface area contributed by atoms with Crippen molar-refractivity contribution in [2.45, 2.75) is 19.7 Å². The van der Waals surface area contributed by atoms with Crippen LogP contribution >= 0.6 is 11.6 Å². The minimum atomic E-state index is 0.534. The summed E-state index contributed by atoms with van der Waals surface area (Å²) in [6.45, 7) is 2.16. The Balaban J connectivity index is 1.44. The fourth-order valence-electron chi connectivity index (χ4n) is 2.55. The van der Waals surface area contributed by atoms with Gasteiger partial charge in [-0.3, -0.25) is 0 Å². The first kappa shape index (κ1) is 18.3. The zero-order valence-corrected chi connectivity index (χ0v) is 15.5. The molecular formula is C22H22ClNO2. The molecule has 1 N–H and O–H groups in total. The van der Waals surface area contributed by atoms with Crippen molar-refractivity contribution < 1.29 is 9.47 Å². The maximum atomic E-state index is 5.89. The maximum Gasteiger partial charge on any atom is 0.119 e. The molecule has 3 nitrogen and oxygen atoms in total. The summed E-state index contributed by atoms with van der Waals surface area (Å²) in [6, 6.07) is 23.9. The second-order valence-corrected chi connectivity index (χ2v) is 6.45. The lowest BCUT2D eigenvalue weighted by molar-refractivity contribution is 0.306. The van der Waals surface area contributed by atoms with Crippen LogP contribution in [0, 0.1) is 0 Å².